The van der Waals surface area contributed by atoms with E-state index in [-0.39, 0.29) is 18.3 Å². The maximum Gasteiger partial charge on any atom is 0.251 e. The van der Waals surface area contributed by atoms with E-state index in [4.69, 9.17) is 5.73 Å². The fraction of sp³-hybridized carbons (Fsp3) is 0.300. The monoisotopic (exact) mass is 310 g/mol. The third kappa shape index (κ3) is 4.92. The Morgan fingerprint density at radius 1 is 1.44 bits per heavy atom. The van der Waals surface area contributed by atoms with E-state index >= 15 is 0 Å². The van der Waals surface area contributed by atoms with Crippen molar-refractivity contribution in [3.05, 3.63) is 34.1 Å². The number of amides is 1. The zero-order valence-corrected chi connectivity index (χ0v) is 10.9. The molecule has 0 heterocycles. The molecule has 6 heteroatoms. The third-order valence-electron chi connectivity index (χ3n) is 1.79. The molecule has 16 heavy (non-hydrogen) atoms. The van der Waals surface area contributed by atoms with Crippen molar-refractivity contribution in [3.63, 3.8) is 0 Å². The molecule has 3 nitrogen and oxygen atoms in total. The van der Waals surface area contributed by atoms with Gasteiger partial charge in [0.15, 0.2) is 0 Å². The highest BCUT2D eigenvalue weighted by molar-refractivity contribution is 9.10. The second kappa shape index (κ2) is 7.60. The van der Waals surface area contributed by atoms with Gasteiger partial charge in [0, 0.05) is 16.6 Å². The summed E-state index contributed by atoms with van der Waals surface area (Å²) in [5, 5.41) is 2.65. The Bertz CT molecular complexity index is 342. The summed E-state index contributed by atoms with van der Waals surface area (Å²) in [7, 11) is 0. The third-order valence-corrected chi connectivity index (χ3v) is 2.25. The lowest BCUT2D eigenvalue weighted by molar-refractivity contribution is 0.0953. The number of rotatable bonds is 4. The van der Waals surface area contributed by atoms with Crippen LogP contribution in [0.1, 0.15) is 16.8 Å². The number of nitrogens with one attached hydrogen (secondary N) is 1. The number of nitrogens with two attached hydrogens (primary N) is 1. The van der Waals surface area contributed by atoms with Gasteiger partial charge in [-0.25, -0.2) is 4.39 Å². The molecule has 0 saturated heterocycles. The van der Waals surface area contributed by atoms with Gasteiger partial charge in [-0.1, -0.05) is 15.9 Å². The highest BCUT2D eigenvalue weighted by atomic mass is 79.9. The van der Waals surface area contributed by atoms with Crippen LogP contribution in [0.5, 0.6) is 0 Å². The van der Waals surface area contributed by atoms with Crippen molar-refractivity contribution in [1.82, 2.24) is 5.32 Å². The second-order valence-corrected chi connectivity index (χ2v) is 3.97. The van der Waals surface area contributed by atoms with E-state index in [9.17, 15) is 9.18 Å². The summed E-state index contributed by atoms with van der Waals surface area (Å²) in [4.78, 5) is 11.5. The van der Waals surface area contributed by atoms with Gasteiger partial charge in [0.2, 0.25) is 0 Å². The molecule has 1 rings (SSSR count). The molecule has 1 aromatic carbocycles. The fourth-order valence-electron chi connectivity index (χ4n) is 1.09. The van der Waals surface area contributed by atoms with Crippen LogP contribution in [0.15, 0.2) is 22.7 Å². The number of halogens is 3. The quantitative estimate of drug-likeness (QED) is 0.837. The van der Waals surface area contributed by atoms with Crippen LogP contribution in [-0.2, 0) is 0 Å². The van der Waals surface area contributed by atoms with Crippen molar-refractivity contribution in [2.24, 2.45) is 5.73 Å². The molecule has 0 atom stereocenters. The van der Waals surface area contributed by atoms with Gasteiger partial charge in [0.1, 0.15) is 5.82 Å². The summed E-state index contributed by atoms with van der Waals surface area (Å²) in [6, 6.07) is 4.07. The Balaban J connectivity index is 0.00000225. The number of benzene rings is 1. The van der Waals surface area contributed by atoms with Crippen molar-refractivity contribution >= 4 is 34.2 Å². The van der Waals surface area contributed by atoms with Crippen molar-refractivity contribution in [3.8, 4) is 0 Å². The molecule has 0 aliphatic heterocycles. The molecule has 0 bridgehead atoms. The zero-order valence-electron chi connectivity index (χ0n) is 8.50. The lowest BCUT2D eigenvalue weighted by Gasteiger charge is -2.04. The molecule has 1 amide bonds. The largest absolute Gasteiger partial charge is 0.352 e. The van der Waals surface area contributed by atoms with E-state index in [0.717, 1.165) is 0 Å². The van der Waals surface area contributed by atoms with E-state index in [1.807, 2.05) is 0 Å². The maximum absolute atomic E-state index is 12.9. The van der Waals surface area contributed by atoms with Crippen LogP contribution >= 0.6 is 28.3 Å². The van der Waals surface area contributed by atoms with Crippen LogP contribution in [0.25, 0.3) is 0 Å². The predicted octanol–water partition coefficient (Wildman–Crippen LogP) is 2.09. The Morgan fingerprint density at radius 2 is 2.12 bits per heavy atom. The molecule has 1 aromatic rings. The van der Waals surface area contributed by atoms with Crippen LogP contribution in [0.4, 0.5) is 4.39 Å². The molecule has 0 fully saturated rings. The number of hydrogen-bond acceptors (Lipinski definition) is 2. The van der Waals surface area contributed by atoms with E-state index in [1.54, 1.807) is 6.07 Å². The zero-order chi connectivity index (χ0) is 11.3. The molecule has 0 aromatic heterocycles. The molecular formula is C10H13BrClFN2O. The lowest BCUT2D eigenvalue weighted by Crippen LogP contribution is -2.26. The first-order chi connectivity index (χ1) is 7.13. The summed E-state index contributed by atoms with van der Waals surface area (Å²) >= 11 is 3.12. The van der Waals surface area contributed by atoms with E-state index in [2.05, 4.69) is 21.2 Å². The Morgan fingerprint density at radius 3 is 2.69 bits per heavy atom. The topological polar surface area (TPSA) is 55.1 Å². The van der Waals surface area contributed by atoms with Gasteiger partial charge in [-0.2, -0.15) is 0 Å². The Kier molecular flexibility index (Phi) is 7.29. The van der Waals surface area contributed by atoms with Crippen molar-refractivity contribution in [1.29, 1.82) is 0 Å². The molecule has 0 aliphatic carbocycles. The SMILES string of the molecule is Cl.NCCCNC(=O)c1cc(F)cc(Br)c1. The van der Waals surface area contributed by atoms with E-state index in [1.165, 1.54) is 12.1 Å². The van der Waals surface area contributed by atoms with Crippen LogP contribution in [0, 0.1) is 5.82 Å². The summed E-state index contributed by atoms with van der Waals surface area (Å²) in [5.74, 6) is -0.725. The fourth-order valence-corrected chi connectivity index (χ4v) is 1.56. The average molecular weight is 312 g/mol. The van der Waals surface area contributed by atoms with Crippen LogP contribution in [-0.4, -0.2) is 19.0 Å². The summed E-state index contributed by atoms with van der Waals surface area (Å²) < 4.78 is 13.5. The average Bonchev–Trinajstić information content (AvgIpc) is 2.16. The first-order valence-corrected chi connectivity index (χ1v) is 5.37. The maximum atomic E-state index is 12.9. The van der Waals surface area contributed by atoms with Gasteiger partial charge in [0.05, 0.1) is 0 Å². The summed E-state index contributed by atoms with van der Waals surface area (Å²) in [5.41, 5.74) is 5.59. The summed E-state index contributed by atoms with van der Waals surface area (Å²) in [6.45, 7) is 1.02. The molecule has 0 saturated carbocycles. The molecule has 3 N–H and O–H groups in total. The minimum atomic E-state index is -0.437. The highest BCUT2D eigenvalue weighted by Gasteiger charge is 2.07. The van der Waals surface area contributed by atoms with Gasteiger partial charge >= 0.3 is 0 Å². The number of hydrogen-bond donors (Lipinski definition) is 2. The molecule has 0 spiro atoms. The second-order valence-electron chi connectivity index (χ2n) is 3.06. The van der Waals surface area contributed by atoms with Crippen molar-refractivity contribution in [2.75, 3.05) is 13.1 Å². The van der Waals surface area contributed by atoms with Gasteiger partial charge in [-0.3, -0.25) is 4.79 Å². The van der Waals surface area contributed by atoms with Gasteiger partial charge in [-0.15, -0.1) is 12.4 Å². The molecule has 0 aliphatic rings. The highest BCUT2D eigenvalue weighted by Crippen LogP contribution is 2.14. The molecule has 90 valence electrons. The van der Waals surface area contributed by atoms with E-state index in [0.29, 0.717) is 29.5 Å². The van der Waals surface area contributed by atoms with Crippen molar-refractivity contribution < 1.29 is 9.18 Å². The lowest BCUT2D eigenvalue weighted by atomic mass is 10.2. The van der Waals surface area contributed by atoms with Crippen LogP contribution < -0.4 is 11.1 Å². The van der Waals surface area contributed by atoms with Crippen LogP contribution in [0.3, 0.4) is 0 Å². The standard InChI is InChI=1S/C10H12BrFN2O.ClH/c11-8-4-7(5-9(12)6-8)10(15)14-3-1-2-13;/h4-6H,1-3,13H2,(H,14,15);1H. The minimum absolute atomic E-state index is 0. The normalized spacial score (nSPS) is 9.44. The first-order valence-electron chi connectivity index (χ1n) is 4.58. The summed E-state index contributed by atoms with van der Waals surface area (Å²) in [6.07, 6.45) is 0.711. The first kappa shape index (κ1) is 15.3. The molecule has 0 unspecified atom stereocenters. The molecule has 0 radical (unpaired) electrons. The van der Waals surface area contributed by atoms with Gasteiger partial charge in [-0.05, 0) is 31.2 Å². The number of carbonyl (C=O) groups excluding carboxylic acids is 1. The minimum Gasteiger partial charge on any atom is -0.352 e. The van der Waals surface area contributed by atoms with Crippen molar-refractivity contribution in [2.45, 2.75) is 6.42 Å². The number of carbonyl (C=O) groups is 1. The van der Waals surface area contributed by atoms with Gasteiger partial charge in [0.25, 0.3) is 5.91 Å². The molecular weight excluding hydrogens is 298 g/mol. The Hall–Kier alpha value is -0.650. The smallest absolute Gasteiger partial charge is 0.251 e. The van der Waals surface area contributed by atoms with Gasteiger partial charge < -0.3 is 11.1 Å². The van der Waals surface area contributed by atoms with Crippen LogP contribution in [0.2, 0.25) is 0 Å². The Labute approximate surface area is 108 Å². The van der Waals surface area contributed by atoms with E-state index < -0.39 is 5.82 Å². The predicted molar refractivity (Wildman–Crippen MR) is 67.4 cm³/mol.